The van der Waals surface area contributed by atoms with Gasteiger partial charge in [0.2, 0.25) is 0 Å². The maximum atomic E-state index is 5.03. The highest BCUT2D eigenvalue weighted by atomic mass is 15.1. The van der Waals surface area contributed by atoms with Crippen LogP contribution in [0, 0.1) is 20.8 Å². The van der Waals surface area contributed by atoms with Gasteiger partial charge in [0.15, 0.2) is 5.82 Å². The monoisotopic (exact) mass is 618 g/mol. The smallest absolute Gasteiger partial charge is 0.159 e. The van der Waals surface area contributed by atoms with Gasteiger partial charge in [-0.1, -0.05) is 121 Å². The van der Waals surface area contributed by atoms with Gasteiger partial charge in [0, 0.05) is 28.2 Å². The lowest BCUT2D eigenvalue weighted by Crippen LogP contribution is -1.98. The van der Waals surface area contributed by atoms with Crippen LogP contribution in [0.15, 0.2) is 152 Å². The van der Waals surface area contributed by atoms with Crippen LogP contribution in [0.3, 0.4) is 0 Å². The van der Waals surface area contributed by atoms with Crippen LogP contribution >= 0.6 is 0 Å². The molecule has 0 spiro atoms. The lowest BCUT2D eigenvalue weighted by Gasteiger charge is -2.11. The summed E-state index contributed by atoms with van der Waals surface area (Å²) >= 11 is 0. The number of rotatable bonds is 6. The molecule has 0 unspecified atom stereocenters. The second-order valence-electron chi connectivity index (χ2n) is 12.3. The maximum Gasteiger partial charge on any atom is 0.159 e. The average Bonchev–Trinajstić information content (AvgIpc) is 3.54. The van der Waals surface area contributed by atoms with Crippen molar-refractivity contribution in [2.45, 2.75) is 20.8 Å². The summed E-state index contributed by atoms with van der Waals surface area (Å²) < 4.78 is 2.24. The number of hydrogen-bond acceptors (Lipinski definition) is 3. The van der Waals surface area contributed by atoms with Crippen LogP contribution in [0.1, 0.15) is 17.0 Å². The summed E-state index contributed by atoms with van der Waals surface area (Å²) in [5.74, 6) is 1.71. The minimum absolute atomic E-state index is 0.777. The van der Waals surface area contributed by atoms with Gasteiger partial charge in [-0.3, -0.25) is 4.57 Å². The van der Waals surface area contributed by atoms with E-state index in [0.717, 1.165) is 56.4 Å². The van der Waals surface area contributed by atoms with Crippen LogP contribution < -0.4 is 0 Å². The van der Waals surface area contributed by atoms with E-state index in [2.05, 4.69) is 151 Å². The van der Waals surface area contributed by atoms with Crippen molar-refractivity contribution in [3.05, 3.63) is 169 Å². The normalized spacial score (nSPS) is 11.2. The molecule has 48 heavy (non-hydrogen) atoms. The molecule has 0 radical (unpaired) electrons. The van der Waals surface area contributed by atoms with Crippen molar-refractivity contribution in [3.8, 4) is 61.8 Å². The molecule has 4 heteroatoms. The maximum absolute atomic E-state index is 5.03. The Hall–Kier alpha value is -6.13. The summed E-state index contributed by atoms with van der Waals surface area (Å²) in [6, 6.07) is 53.6. The van der Waals surface area contributed by atoms with Crippen molar-refractivity contribution in [3.63, 3.8) is 0 Å². The van der Waals surface area contributed by atoms with E-state index in [1.54, 1.807) is 0 Å². The first-order chi connectivity index (χ1) is 23.5. The highest BCUT2D eigenvalue weighted by Crippen LogP contribution is 2.33. The molecule has 4 nitrogen and oxygen atoms in total. The summed E-state index contributed by atoms with van der Waals surface area (Å²) in [6.07, 6.45) is 0. The average molecular weight is 619 g/mol. The number of para-hydroxylation sites is 3. The van der Waals surface area contributed by atoms with E-state index in [9.17, 15) is 0 Å². The summed E-state index contributed by atoms with van der Waals surface area (Å²) in [5, 5.41) is 0. The van der Waals surface area contributed by atoms with Crippen molar-refractivity contribution in [1.82, 2.24) is 19.5 Å². The molecule has 0 fully saturated rings. The van der Waals surface area contributed by atoms with Crippen LogP contribution in [0.25, 0.3) is 72.9 Å². The van der Waals surface area contributed by atoms with Crippen LogP contribution in [-0.4, -0.2) is 19.5 Å². The van der Waals surface area contributed by atoms with E-state index in [4.69, 9.17) is 15.0 Å². The van der Waals surface area contributed by atoms with E-state index >= 15 is 0 Å². The summed E-state index contributed by atoms with van der Waals surface area (Å²) in [4.78, 5) is 14.4. The molecule has 0 bridgehead atoms. The molecule has 0 saturated heterocycles. The van der Waals surface area contributed by atoms with Crippen LogP contribution in [0.4, 0.5) is 0 Å². The zero-order valence-corrected chi connectivity index (χ0v) is 27.2. The fourth-order valence-electron chi connectivity index (χ4n) is 6.32. The lowest BCUT2D eigenvalue weighted by atomic mass is 9.96. The van der Waals surface area contributed by atoms with Crippen molar-refractivity contribution in [2.24, 2.45) is 0 Å². The Morgan fingerprint density at radius 2 is 0.875 bits per heavy atom. The van der Waals surface area contributed by atoms with E-state index < -0.39 is 0 Å². The Morgan fingerprint density at radius 3 is 1.46 bits per heavy atom. The van der Waals surface area contributed by atoms with Gasteiger partial charge >= 0.3 is 0 Å². The molecule has 0 N–H and O–H groups in total. The fraction of sp³-hybridized carbons (Fsp3) is 0.0682. The van der Waals surface area contributed by atoms with E-state index in [1.165, 1.54) is 33.4 Å². The third-order valence-corrected chi connectivity index (χ3v) is 9.24. The summed E-state index contributed by atoms with van der Waals surface area (Å²) in [5.41, 5.74) is 15.6. The third-order valence-electron chi connectivity index (χ3n) is 9.24. The number of nitrogens with zero attached hydrogens (tertiary/aromatic N) is 4. The number of benzene rings is 6. The molecule has 0 amide bonds. The van der Waals surface area contributed by atoms with Gasteiger partial charge in [0.1, 0.15) is 5.82 Å². The van der Waals surface area contributed by atoms with E-state index in [1.807, 2.05) is 26.0 Å². The number of imidazole rings is 1. The quantitative estimate of drug-likeness (QED) is 0.186. The second kappa shape index (κ2) is 12.2. The van der Waals surface area contributed by atoms with Crippen molar-refractivity contribution in [2.75, 3.05) is 0 Å². The van der Waals surface area contributed by atoms with Crippen molar-refractivity contribution >= 4 is 11.0 Å². The molecular formula is C44H34N4. The topological polar surface area (TPSA) is 43.6 Å². The predicted molar refractivity (Wildman–Crippen MR) is 198 cm³/mol. The zero-order valence-electron chi connectivity index (χ0n) is 27.2. The molecule has 0 atom stereocenters. The summed E-state index contributed by atoms with van der Waals surface area (Å²) in [6.45, 7) is 6.15. The number of aromatic nitrogens is 4. The van der Waals surface area contributed by atoms with Gasteiger partial charge in [-0.15, -0.1) is 0 Å². The van der Waals surface area contributed by atoms with E-state index in [-0.39, 0.29) is 0 Å². The Kier molecular flexibility index (Phi) is 7.46. The van der Waals surface area contributed by atoms with Gasteiger partial charge in [0.05, 0.1) is 11.0 Å². The molecule has 230 valence electrons. The van der Waals surface area contributed by atoms with Crippen LogP contribution in [-0.2, 0) is 0 Å². The molecule has 8 aromatic rings. The minimum atomic E-state index is 0.777. The second-order valence-corrected chi connectivity index (χ2v) is 12.3. The van der Waals surface area contributed by atoms with E-state index in [0.29, 0.717) is 0 Å². The minimum Gasteiger partial charge on any atom is -0.292 e. The number of fused-ring (bicyclic) bond motifs is 1. The first-order valence-corrected chi connectivity index (χ1v) is 16.3. The molecule has 0 aliphatic heterocycles. The Labute approximate surface area is 281 Å². The molecule has 8 rings (SSSR count). The van der Waals surface area contributed by atoms with Gasteiger partial charge in [-0.2, -0.15) is 0 Å². The van der Waals surface area contributed by atoms with Crippen LogP contribution in [0.2, 0.25) is 0 Å². The summed E-state index contributed by atoms with van der Waals surface area (Å²) in [7, 11) is 0. The first kappa shape index (κ1) is 29.3. The van der Waals surface area contributed by atoms with Gasteiger partial charge in [-0.25, -0.2) is 15.0 Å². The first-order valence-electron chi connectivity index (χ1n) is 16.3. The molecule has 2 aromatic heterocycles. The Bertz CT molecular complexity index is 2360. The fourth-order valence-corrected chi connectivity index (χ4v) is 6.32. The molecule has 0 saturated carbocycles. The Morgan fingerprint density at radius 1 is 0.396 bits per heavy atom. The molecule has 2 heterocycles. The molecule has 0 aliphatic rings. The van der Waals surface area contributed by atoms with Crippen LogP contribution in [0.5, 0.6) is 0 Å². The zero-order chi connectivity index (χ0) is 32.6. The highest BCUT2D eigenvalue weighted by Gasteiger charge is 2.14. The molecular weight excluding hydrogens is 585 g/mol. The van der Waals surface area contributed by atoms with Gasteiger partial charge in [0.25, 0.3) is 0 Å². The lowest BCUT2D eigenvalue weighted by molar-refractivity contribution is 1.02. The standard InChI is InChI=1S/C44H34N4/c1-29-30(2)45-43(46-31(29)3)36-24-20-33(21-25-36)32-16-18-34(19-17-32)38-10-9-11-39(28-38)35-22-26-37(27-23-35)44-47-41-14-7-8-15-42(41)48(44)40-12-5-4-6-13-40/h4-28H,1-3H3. The molecule has 6 aromatic carbocycles. The van der Waals surface area contributed by atoms with Gasteiger partial charge < -0.3 is 0 Å². The predicted octanol–water partition coefficient (Wildman–Crippen LogP) is 11.1. The largest absolute Gasteiger partial charge is 0.292 e. The molecule has 0 aliphatic carbocycles. The van der Waals surface area contributed by atoms with Crippen molar-refractivity contribution < 1.29 is 0 Å². The number of aryl methyl sites for hydroxylation is 2. The third kappa shape index (κ3) is 5.48. The van der Waals surface area contributed by atoms with Crippen molar-refractivity contribution in [1.29, 1.82) is 0 Å². The number of hydrogen-bond donors (Lipinski definition) is 0. The highest BCUT2D eigenvalue weighted by molar-refractivity contribution is 5.84. The SMILES string of the molecule is Cc1nc(-c2ccc(-c3ccc(-c4cccc(-c5ccc(-c6nc7ccccc7n6-c6ccccc6)cc5)c4)cc3)cc2)nc(C)c1C. The Balaban J connectivity index is 1.04. The van der Waals surface area contributed by atoms with Gasteiger partial charge in [-0.05, 0) is 90.0 Å².